The van der Waals surface area contributed by atoms with E-state index in [4.69, 9.17) is 9.97 Å². The van der Waals surface area contributed by atoms with Crippen LogP contribution >= 0.6 is 0 Å². The molecule has 0 aliphatic rings. The van der Waals surface area contributed by atoms with Crippen LogP contribution in [0.2, 0.25) is 0 Å². The van der Waals surface area contributed by atoms with Crippen LogP contribution in [0.1, 0.15) is 30.0 Å². The van der Waals surface area contributed by atoms with Gasteiger partial charge in [-0.15, -0.1) is 0 Å². The van der Waals surface area contributed by atoms with Gasteiger partial charge in [0, 0.05) is 29.2 Å². The van der Waals surface area contributed by atoms with E-state index in [1.807, 2.05) is 87.5 Å². The Morgan fingerprint density at radius 1 is 0.895 bits per heavy atom. The van der Waals surface area contributed by atoms with Crippen molar-refractivity contribution in [1.29, 1.82) is 10.5 Å². The first kappa shape index (κ1) is 23.4. The predicted octanol–water partition coefficient (Wildman–Crippen LogP) is 1.31. The van der Waals surface area contributed by atoms with Crippen molar-refractivity contribution >= 4 is 59.9 Å². The highest BCUT2D eigenvalue weighted by Gasteiger charge is 2.24. The lowest BCUT2D eigenvalue weighted by molar-refractivity contribution is 0.918. The Labute approximate surface area is 220 Å². The minimum Gasteiger partial charge on any atom is -0.395 e. The maximum Gasteiger partial charge on any atom is 0.223 e. The van der Waals surface area contributed by atoms with Gasteiger partial charge in [-0.2, -0.15) is 10.5 Å². The van der Waals surface area contributed by atoms with Crippen LogP contribution in [0.15, 0.2) is 48.5 Å². The zero-order valence-electron chi connectivity index (χ0n) is 22.0. The topological polar surface area (TPSA) is 104 Å². The average molecular weight is 494 g/mol. The predicted molar refractivity (Wildman–Crippen MR) is 154 cm³/mol. The largest absolute Gasteiger partial charge is 0.395 e. The lowest BCUT2D eigenvalue weighted by Crippen LogP contribution is -2.25. The molecule has 182 valence electrons. The molecule has 0 fully saturated rings. The molecule has 2 aromatic carbocycles. The van der Waals surface area contributed by atoms with Crippen LogP contribution in [0.3, 0.4) is 0 Å². The highest BCUT2D eigenvalue weighted by atomic mass is 15.1. The summed E-state index contributed by atoms with van der Waals surface area (Å²) in [7, 11) is 5.90. The first-order valence-electron chi connectivity index (χ1n) is 12.5. The monoisotopic (exact) mass is 494 g/mol. The number of aromatic nitrogens is 6. The molecule has 0 radical (unpaired) electrons. The van der Waals surface area contributed by atoms with E-state index in [1.165, 1.54) is 0 Å². The molecule has 10 heteroatoms. The molecule has 8 nitrogen and oxygen atoms in total. The first-order valence-corrected chi connectivity index (χ1v) is 12.5. The van der Waals surface area contributed by atoms with Gasteiger partial charge in [0.1, 0.15) is 23.3 Å². The van der Waals surface area contributed by atoms with E-state index in [9.17, 15) is 10.5 Å². The second-order valence-corrected chi connectivity index (χ2v) is 9.51. The maximum atomic E-state index is 10.5. The number of nitrogens with one attached hydrogen (secondary N) is 1. The van der Waals surface area contributed by atoms with Crippen LogP contribution in [-0.4, -0.2) is 44.4 Å². The fraction of sp³-hybridized carbons (Fsp3) is 0.143. The number of rotatable bonds is 3. The molecule has 4 heterocycles. The number of hydrogen-bond donors (Lipinski definition) is 1. The van der Waals surface area contributed by atoms with Crippen LogP contribution in [-0.2, 0) is 13.5 Å². The van der Waals surface area contributed by atoms with Gasteiger partial charge >= 0.3 is 0 Å². The molecular formula is C28H24B2N8. The quantitative estimate of drug-likeness (QED) is 0.375. The van der Waals surface area contributed by atoms with Crippen LogP contribution in [0.25, 0.3) is 44.0 Å². The molecular weight excluding hydrogens is 470 g/mol. The Hall–Kier alpha value is -4.95. The molecule has 0 bridgehead atoms. The van der Waals surface area contributed by atoms with Crippen molar-refractivity contribution in [3.63, 3.8) is 0 Å². The molecule has 6 aromatic rings. The van der Waals surface area contributed by atoms with Crippen molar-refractivity contribution in [2.24, 2.45) is 7.05 Å². The van der Waals surface area contributed by atoms with Gasteiger partial charge in [-0.3, -0.25) is 0 Å². The second-order valence-electron chi connectivity index (χ2n) is 9.51. The van der Waals surface area contributed by atoms with Crippen molar-refractivity contribution < 1.29 is 0 Å². The van der Waals surface area contributed by atoms with E-state index < -0.39 is 0 Å². The smallest absolute Gasteiger partial charge is 0.223 e. The Morgan fingerprint density at radius 3 is 2.21 bits per heavy atom. The van der Waals surface area contributed by atoms with Gasteiger partial charge in [0.05, 0.1) is 32.8 Å². The van der Waals surface area contributed by atoms with E-state index in [1.54, 1.807) is 0 Å². The Balaban J connectivity index is 1.82. The van der Waals surface area contributed by atoms with E-state index in [2.05, 4.69) is 28.5 Å². The van der Waals surface area contributed by atoms with E-state index >= 15 is 0 Å². The Morgan fingerprint density at radius 2 is 1.55 bits per heavy atom. The van der Waals surface area contributed by atoms with Crippen LogP contribution in [0.4, 0.5) is 0 Å². The van der Waals surface area contributed by atoms with Crippen LogP contribution in [0.5, 0.6) is 0 Å². The highest BCUT2D eigenvalue weighted by Crippen LogP contribution is 2.24. The summed E-state index contributed by atoms with van der Waals surface area (Å²) in [5, 5.41) is 24.4. The molecule has 0 saturated heterocycles. The summed E-state index contributed by atoms with van der Waals surface area (Å²) in [6, 6.07) is 20.5. The van der Waals surface area contributed by atoms with E-state index in [0.29, 0.717) is 22.8 Å². The number of hydrogen-bond acceptors (Lipinski definition) is 4. The van der Waals surface area contributed by atoms with Crippen molar-refractivity contribution in [2.75, 3.05) is 0 Å². The lowest BCUT2D eigenvalue weighted by atomic mass is 10.1. The fourth-order valence-corrected chi connectivity index (χ4v) is 5.71. The van der Waals surface area contributed by atoms with Gasteiger partial charge in [0.25, 0.3) is 0 Å². The minimum absolute atomic E-state index is 0.467. The summed E-state index contributed by atoms with van der Waals surface area (Å²) in [6.07, 6.45) is 0.726. The normalized spacial score (nSPS) is 13.2. The molecule has 0 saturated carbocycles. The Bertz CT molecular complexity index is 2110. The van der Waals surface area contributed by atoms with Gasteiger partial charge in [-0.1, -0.05) is 31.2 Å². The minimum atomic E-state index is 0.467. The summed E-state index contributed by atoms with van der Waals surface area (Å²) in [5.74, 6) is 1.15. The molecule has 4 aromatic heterocycles. The molecule has 1 N–H and O–H groups in total. The van der Waals surface area contributed by atoms with Crippen molar-refractivity contribution in [2.45, 2.75) is 20.3 Å². The van der Waals surface area contributed by atoms with Crippen molar-refractivity contribution in [1.82, 2.24) is 28.5 Å². The van der Waals surface area contributed by atoms with E-state index in [-0.39, 0.29) is 0 Å². The summed E-state index contributed by atoms with van der Waals surface area (Å²) >= 11 is 0. The number of aromatic amines is 1. The third kappa shape index (κ3) is 3.10. The number of H-pyrrole nitrogens is 1. The molecule has 0 aliphatic heterocycles. The van der Waals surface area contributed by atoms with Gasteiger partial charge in [0.2, 0.25) is 16.0 Å². The SMILES string of the molecule is Bn1c(C)c2/c(=C(\C#N)c3nc4ccccc4n3C)n(B)c(CC)c2/c1=C(\C#N)c1nc2ccccc2[nH]1. The molecule has 0 aliphatic carbocycles. The second kappa shape index (κ2) is 8.57. The van der Waals surface area contributed by atoms with Gasteiger partial charge in [-0.05, 0) is 37.6 Å². The number of fused-ring (bicyclic) bond motifs is 3. The summed E-state index contributed by atoms with van der Waals surface area (Å²) < 4.78 is 6.11. The zero-order chi connectivity index (χ0) is 26.7. The third-order valence-electron chi connectivity index (χ3n) is 7.62. The number of nitriles is 2. The van der Waals surface area contributed by atoms with Crippen LogP contribution < -0.4 is 10.7 Å². The number of imidazole rings is 2. The standard InChI is InChI=1S/C28H24B2N8/c1-4-21-24-23(26(38(21)30)17(14-32)28-35-20-11-7-8-12-22(20)36(28)3)15(2)37(29)25(24)16(13-31)27-33-18-9-5-6-10-19(18)34-27/h5-12H,4,29-30H2,1-3H3,(H,33,34)/b25-16-,26-17-. The molecule has 0 unspecified atom stereocenters. The number of nitrogens with zero attached hydrogens (tertiary/aromatic N) is 7. The lowest BCUT2D eigenvalue weighted by Gasteiger charge is -2.07. The van der Waals surface area contributed by atoms with Crippen molar-refractivity contribution in [3.8, 4) is 12.1 Å². The molecule has 0 atom stereocenters. The zero-order valence-corrected chi connectivity index (χ0v) is 22.0. The van der Waals surface area contributed by atoms with Gasteiger partial charge in [-0.25, -0.2) is 9.97 Å². The number of benzene rings is 2. The maximum absolute atomic E-state index is 10.5. The van der Waals surface area contributed by atoms with Crippen LogP contribution in [0, 0.1) is 29.6 Å². The Kier molecular flexibility index (Phi) is 5.29. The van der Waals surface area contributed by atoms with Crippen molar-refractivity contribution in [3.05, 3.63) is 82.3 Å². The number of para-hydroxylation sites is 4. The summed E-state index contributed by atoms with van der Waals surface area (Å²) in [6.45, 7) is 4.13. The highest BCUT2D eigenvalue weighted by molar-refractivity contribution is 6.15. The summed E-state index contributed by atoms with van der Waals surface area (Å²) in [5.41, 5.74) is 6.47. The molecule has 0 spiro atoms. The fourth-order valence-electron chi connectivity index (χ4n) is 5.71. The van der Waals surface area contributed by atoms with Gasteiger partial charge in [0.15, 0.2) is 11.6 Å². The van der Waals surface area contributed by atoms with E-state index in [0.717, 1.165) is 61.3 Å². The molecule has 38 heavy (non-hydrogen) atoms. The average Bonchev–Trinajstić information content (AvgIpc) is 3.64. The summed E-state index contributed by atoms with van der Waals surface area (Å²) in [4.78, 5) is 12.9. The van der Waals surface area contributed by atoms with Gasteiger partial charge < -0.3 is 18.5 Å². The first-order chi connectivity index (χ1) is 18.4. The molecule has 6 rings (SSSR count). The molecule has 0 amide bonds. The third-order valence-corrected chi connectivity index (χ3v) is 7.62. The number of aryl methyl sites for hydroxylation is 3.